The lowest BCUT2D eigenvalue weighted by atomic mass is 9.94. The highest BCUT2D eigenvalue weighted by molar-refractivity contribution is 6.32. The Morgan fingerprint density at radius 2 is 1.92 bits per heavy atom. The van der Waals surface area contributed by atoms with Gasteiger partial charge in [-0.15, -0.1) is 0 Å². The molecule has 0 aliphatic carbocycles. The van der Waals surface area contributed by atoms with Gasteiger partial charge in [0.2, 0.25) is 0 Å². The lowest BCUT2D eigenvalue weighted by molar-refractivity contribution is -0.00398. The first kappa shape index (κ1) is 27.7. The van der Waals surface area contributed by atoms with Gasteiger partial charge in [-0.05, 0) is 69.0 Å². The van der Waals surface area contributed by atoms with Crippen LogP contribution in [0.5, 0.6) is 0 Å². The number of carboxylic acid groups (broad SMARTS) is 1. The second kappa shape index (κ2) is 11.9. The molecule has 0 amide bonds. The van der Waals surface area contributed by atoms with Crippen molar-refractivity contribution in [3.05, 3.63) is 87.8 Å². The predicted molar refractivity (Wildman–Crippen MR) is 139 cm³/mol. The Morgan fingerprint density at radius 3 is 2.58 bits per heavy atom. The molecule has 0 aliphatic heterocycles. The van der Waals surface area contributed by atoms with Crippen molar-refractivity contribution in [2.24, 2.45) is 0 Å². The second-order valence-electron chi connectivity index (χ2n) is 9.58. The molecule has 8 heteroatoms. The highest BCUT2D eigenvalue weighted by atomic mass is 35.5. The average Bonchev–Trinajstić information content (AvgIpc) is 2.83. The molecule has 0 fully saturated rings. The van der Waals surface area contributed by atoms with Gasteiger partial charge in [-0.25, -0.2) is 14.2 Å². The first-order valence-electron chi connectivity index (χ1n) is 11.8. The normalized spacial score (nSPS) is 13.4. The topological polar surface area (TPSA) is 91.7 Å². The molecule has 1 heterocycles. The van der Waals surface area contributed by atoms with Crippen LogP contribution in [0.25, 0.3) is 11.3 Å². The highest BCUT2D eigenvalue weighted by Gasteiger charge is 2.21. The number of benzene rings is 2. The number of nitrogens with zero attached hydrogens (tertiary/aromatic N) is 1. The van der Waals surface area contributed by atoms with Gasteiger partial charge < -0.3 is 20.3 Å². The third-order valence-corrected chi connectivity index (χ3v) is 6.28. The van der Waals surface area contributed by atoms with Crippen molar-refractivity contribution < 1.29 is 24.1 Å². The Hall–Kier alpha value is -2.84. The van der Waals surface area contributed by atoms with Crippen molar-refractivity contribution in [1.82, 2.24) is 10.3 Å². The summed E-state index contributed by atoms with van der Waals surface area (Å²) >= 11 is 6.06. The molecule has 192 valence electrons. The Kier molecular flexibility index (Phi) is 9.19. The molecule has 0 aliphatic rings. The number of halogens is 2. The van der Waals surface area contributed by atoms with Gasteiger partial charge in [0, 0.05) is 17.6 Å². The smallest absolute Gasteiger partial charge is 0.338 e. The molecule has 3 aromatic rings. The zero-order valence-corrected chi connectivity index (χ0v) is 21.6. The maximum absolute atomic E-state index is 13.9. The van der Waals surface area contributed by atoms with Crippen LogP contribution in [0.3, 0.4) is 0 Å². The fraction of sp³-hybridized carbons (Fsp3) is 0.357. The van der Waals surface area contributed by atoms with E-state index >= 15 is 0 Å². The van der Waals surface area contributed by atoms with E-state index in [4.69, 9.17) is 16.3 Å². The molecule has 0 unspecified atom stereocenters. The molecule has 0 spiro atoms. The molecule has 2 atom stereocenters. The molecular formula is C28H32ClFN2O4. The first-order valence-corrected chi connectivity index (χ1v) is 12.1. The number of carbonyl (C=O) groups is 1. The van der Waals surface area contributed by atoms with E-state index in [-0.39, 0.29) is 34.8 Å². The SMILES string of the molecule is Cc1ccc(CC(C)(C)NC[C@@H](O)CO[C@H](C)c2ccccc2-c2ccc(C(=O)O)c(Cl)n2)cc1F. The minimum atomic E-state index is -1.14. The van der Waals surface area contributed by atoms with Gasteiger partial charge in [0.15, 0.2) is 0 Å². The second-order valence-corrected chi connectivity index (χ2v) is 9.94. The minimum absolute atomic E-state index is 0.0618. The maximum Gasteiger partial charge on any atom is 0.338 e. The molecule has 3 N–H and O–H groups in total. The fourth-order valence-electron chi connectivity index (χ4n) is 3.95. The number of aromatic carboxylic acids is 1. The summed E-state index contributed by atoms with van der Waals surface area (Å²) < 4.78 is 19.8. The molecule has 36 heavy (non-hydrogen) atoms. The summed E-state index contributed by atoms with van der Waals surface area (Å²) in [5.41, 5.74) is 3.23. The van der Waals surface area contributed by atoms with E-state index in [1.807, 2.05) is 51.1 Å². The summed E-state index contributed by atoms with van der Waals surface area (Å²) in [7, 11) is 0. The van der Waals surface area contributed by atoms with Gasteiger partial charge >= 0.3 is 5.97 Å². The molecule has 0 saturated heterocycles. The number of aryl methyl sites for hydroxylation is 1. The lowest BCUT2D eigenvalue weighted by Gasteiger charge is -2.28. The number of hydrogen-bond acceptors (Lipinski definition) is 5. The van der Waals surface area contributed by atoms with Crippen molar-refractivity contribution >= 4 is 17.6 Å². The van der Waals surface area contributed by atoms with E-state index in [2.05, 4.69) is 10.3 Å². The van der Waals surface area contributed by atoms with Gasteiger partial charge in [-0.2, -0.15) is 0 Å². The number of nitrogens with one attached hydrogen (secondary N) is 1. The Morgan fingerprint density at radius 1 is 1.19 bits per heavy atom. The van der Waals surface area contributed by atoms with E-state index in [0.29, 0.717) is 24.2 Å². The molecule has 2 aromatic carbocycles. The van der Waals surface area contributed by atoms with Gasteiger partial charge in [0.1, 0.15) is 11.0 Å². The molecule has 0 saturated carbocycles. The van der Waals surface area contributed by atoms with E-state index in [0.717, 1.165) is 16.7 Å². The van der Waals surface area contributed by atoms with Gasteiger partial charge in [0.25, 0.3) is 0 Å². The number of aromatic nitrogens is 1. The van der Waals surface area contributed by atoms with Crippen molar-refractivity contribution in [1.29, 1.82) is 0 Å². The number of pyridine rings is 1. The molecule has 3 rings (SSSR count). The number of aliphatic hydroxyl groups is 1. The summed E-state index contributed by atoms with van der Waals surface area (Å²) in [5.74, 6) is -1.36. The first-order chi connectivity index (χ1) is 17.0. The molecule has 0 bridgehead atoms. The van der Waals surface area contributed by atoms with Crippen LogP contribution in [0, 0.1) is 12.7 Å². The third kappa shape index (κ3) is 7.34. The largest absolute Gasteiger partial charge is 0.478 e. The van der Waals surface area contributed by atoms with Crippen molar-refractivity contribution in [2.75, 3.05) is 13.2 Å². The number of carboxylic acids is 1. The summed E-state index contributed by atoms with van der Waals surface area (Å²) in [6, 6.07) is 15.8. The number of aliphatic hydroxyl groups excluding tert-OH is 1. The zero-order valence-electron chi connectivity index (χ0n) is 20.9. The minimum Gasteiger partial charge on any atom is -0.478 e. The molecule has 6 nitrogen and oxygen atoms in total. The Labute approximate surface area is 216 Å². The van der Waals surface area contributed by atoms with E-state index in [1.165, 1.54) is 6.07 Å². The van der Waals surface area contributed by atoms with E-state index in [9.17, 15) is 19.4 Å². The van der Waals surface area contributed by atoms with Crippen LogP contribution in [0.4, 0.5) is 4.39 Å². The summed E-state index contributed by atoms with van der Waals surface area (Å²) in [6.45, 7) is 8.03. The van der Waals surface area contributed by atoms with Gasteiger partial charge in [-0.1, -0.05) is 48.0 Å². The van der Waals surface area contributed by atoms with Crippen LogP contribution < -0.4 is 5.32 Å². The standard InChI is InChI=1S/C28H32ClFN2O4/c1-17-9-10-19(13-24(17)30)14-28(3,4)31-15-20(33)16-36-18(2)21-7-5-6-8-22(21)25-12-11-23(27(34)35)26(29)32-25/h5-13,18,20,31,33H,14-16H2,1-4H3,(H,34,35)/t18-,20-/m1/s1. The Bertz CT molecular complexity index is 1220. The monoisotopic (exact) mass is 514 g/mol. The van der Waals surface area contributed by atoms with Crippen LogP contribution in [0.1, 0.15) is 53.9 Å². The van der Waals surface area contributed by atoms with E-state index < -0.39 is 12.1 Å². The summed E-state index contributed by atoms with van der Waals surface area (Å²) in [4.78, 5) is 15.5. The van der Waals surface area contributed by atoms with Crippen LogP contribution in [0.15, 0.2) is 54.6 Å². The number of rotatable bonds is 11. The molecule has 1 aromatic heterocycles. The fourth-order valence-corrected chi connectivity index (χ4v) is 4.18. The number of hydrogen-bond donors (Lipinski definition) is 3. The lowest BCUT2D eigenvalue weighted by Crippen LogP contribution is -2.46. The van der Waals surface area contributed by atoms with Gasteiger partial charge in [0.05, 0.1) is 30.1 Å². The predicted octanol–water partition coefficient (Wildman–Crippen LogP) is 5.60. The van der Waals surface area contributed by atoms with Crippen LogP contribution in [0.2, 0.25) is 5.15 Å². The van der Waals surface area contributed by atoms with Crippen molar-refractivity contribution in [3.8, 4) is 11.3 Å². The van der Waals surface area contributed by atoms with Crippen LogP contribution in [-0.2, 0) is 11.2 Å². The van der Waals surface area contributed by atoms with Crippen LogP contribution >= 0.6 is 11.6 Å². The highest BCUT2D eigenvalue weighted by Crippen LogP contribution is 2.30. The third-order valence-electron chi connectivity index (χ3n) is 5.99. The van der Waals surface area contributed by atoms with Gasteiger partial charge in [-0.3, -0.25) is 0 Å². The van der Waals surface area contributed by atoms with Crippen LogP contribution in [-0.4, -0.2) is 46.0 Å². The summed E-state index contributed by atoms with van der Waals surface area (Å²) in [6.07, 6.45) is -0.507. The van der Waals surface area contributed by atoms with E-state index in [1.54, 1.807) is 25.1 Å². The quantitative estimate of drug-likeness (QED) is 0.289. The Balaban J connectivity index is 1.59. The van der Waals surface area contributed by atoms with Crippen molar-refractivity contribution in [3.63, 3.8) is 0 Å². The molecular weight excluding hydrogens is 483 g/mol. The molecule has 0 radical (unpaired) electrons. The van der Waals surface area contributed by atoms with Crippen molar-refractivity contribution in [2.45, 2.75) is 51.9 Å². The number of ether oxygens (including phenoxy) is 1. The zero-order chi connectivity index (χ0) is 26.5. The number of β-amino-alcohol motifs (C(OH)–C–C–N with tert-alkyl or cyclic N) is 1. The maximum atomic E-state index is 13.9. The average molecular weight is 515 g/mol. The summed E-state index contributed by atoms with van der Waals surface area (Å²) in [5, 5.41) is 23.0.